The molecule has 1 heterocycles. The number of phenols is 1. The molecule has 39 heavy (non-hydrogen) atoms. The Kier molecular flexibility index (Phi) is 8.05. The van der Waals surface area contributed by atoms with E-state index in [9.17, 15) is 19.5 Å². The molecule has 0 bridgehead atoms. The lowest BCUT2D eigenvalue weighted by atomic mass is 10.1. The number of aryl methyl sites for hydroxylation is 2. The number of hydrogen-bond acceptors (Lipinski definition) is 8. The molecule has 3 aromatic carbocycles. The van der Waals surface area contributed by atoms with Crippen molar-refractivity contribution in [3.63, 3.8) is 0 Å². The molecule has 0 atom stereocenters. The maximum absolute atomic E-state index is 12.9. The molecule has 0 spiro atoms. The molecule has 0 fully saturated rings. The average molecular weight is 597 g/mol. The largest absolute Gasteiger partial charge is 0.507 e. The van der Waals surface area contributed by atoms with Crippen molar-refractivity contribution in [2.75, 3.05) is 14.2 Å². The Morgan fingerprint density at radius 2 is 1.64 bits per heavy atom. The number of amides is 1. The summed E-state index contributed by atoms with van der Waals surface area (Å²) in [6.07, 6.45) is 0. The SMILES string of the molecule is COc1cc(CNC(=O)c2nn(-c3cc(C)c(Oc4ccc(O)c(Br)c4)c(C)c3)c(=O)[nH]c2=O)cc(OC)c1. The number of ether oxygens (including phenoxy) is 3. The van der Waals surface area contributed by atoms with Gasteiger partial charge in [-0.1, -0.05) is 0 Å². The maximum Gasteiger partial charge on any atom is 0.349 e. The van der Waals surface area contributed by atoms with Crippen molar-refractivity contribution in [3.8, 4) is 34.4 Å². The van der Waals surface area contributed by atoms with Crippen LogP contribution in [0.3, 0.4) is 0 Å². The number of phenolic OH excluding ortho intramolecular Hbond substituents is 1. The third kappa shape index (κ3) is 6.12. The minimum atomic E-state index is -0.914. The lowest BCUT2D eigenvalue weighted by Gasteiger charge is -2.15. The van der Waals surface area contributed by atoms with E-state index in [-0.39, 0.29) is 12.3 Å². The fraction of sp³-hybridized carbons (Fsp3) is 0.185. The molecule has 11 nitrogen and oxygen atoms in total. The van der Waals surface area contributed by atoms with Crippen LogP contribution in [0.2, 0.25) is 0 Å². The molecule has 0 saturated heterocycles. The topological polar surface area (TPSA) is 145 Å². The Morgan fingerprint density at radius 3 is 2.23 bits per heavy atom. The fourth-order valence-corrected chi connectivity index (χ4v) is 4.20. The molecule has 12 heteroatoms. The molecular formula is C27H25BrN4O7. The predicted molar refractivity (Wildman–Crippen MR) is 147 cm³/mol. The van der Waals surface area contributed by atoms with Gasteiger partial charge in [0.2, 0.25) is 5.69 Å². The minimum absolute atomic E-state index is 0.0598. The summed E-state index contributed by atoms with van der Waals surface area (Å²) in [7, 11) is 3.02. The van der Waals surface area contributed by atoms with Crippen molar-refractivity contribution in [1.82, 2.24) is 20.1 Å². The van der Waals surface area contributed by atoms with E-state index in [0.29, 0.717) is 49.8 Å². The normalized spacial score (nSPS) is 10.7. The predicted octanol–water partition coefficient (Wildman–Crippen LogP) is 3.75. The van der Waals surface area contributed by atoms with Crippen molar-refractivity contribution in [2.24, 2.45) is 0 Å². The van der Waals surface area contributed by atoms with Crippen LogP contribution in [0.25, 0.3) is 5.69 Å². The van der Waals surface area contributed by atoms with Crippen LogP contribution in [0, 0.1) is 13.8 Å². The van der Waals surface area contributed by atoms with Gasteiger partial charge in [-0.3, -0.25) is 14.6 Å². The van der Waals surface area contributed by atoms with Gasteiger partial charge in [-0.25, -0.2) is 4.79 Å². The molecule has 4 rings (SSSR count). The van der Waals surface area contributed by atoms with E-state index in [1.807, 2.05) is 0 Å². The van der Waals surface area contributed by atoms with Crippen molar-refractivity contribution in [3.05, 3.63) is 96.2 Å². The molecule has 1 amide bonds. The third-order valence-electron chi connectivity index (χ3n) is 5.74. The Morgan fingerprint density at radius 1 is 1.00 bits per heavy atom. The first kappa shape index (κ1) is 27.5. The van der Waals surface area contributed by atoms with Gasteiger partial charge in [0.05, 0.1) is 24.4 Å². The number of aromatic amines is 1. The van der Waals surface area contributed by atoms with Crippen LogP contribution >= 0.6 is 15.9 Å². The molecule has 0 aliphatic rings. The lowest BCUT2D eigenvalue weighted by molar-refractivity contribution is 0.0942. The molecule has 0 unspecified atom stereocenters. The first-order valence-electron chi connectivity index (χ1n) is 11.6. The number of nitrogens with one attached hydrogen (secondary N) is 2. The summed E-state index contributed by atoms with van der Waals surface area (Å²) in [4.78, 5) is 40.1. The highest BCUT2D eigenvalue weighted by molar-refractivity contribution is 9.10. The van der Waals surface area contributed by atoms with Crippen molar-refractivity contribution >= 4 is 21.8 Å². The number of hydrogen-bond donors (Lipinski definition) is 3. The van der Waals surface area contributed by atoms with Crippen LogP contribution in [0.1, 0.15) is 27.2 Å². The molecule has 0 saturated carbocycles. The van der Waals surface area contributed by atoms with Crippen LogP contribution in [-0.2, 0) is 6.54 Å². The summed E-state index contributed by atoms with van der Waals surface area (Å²) < 4.78 is 17.9. The summed E-state index contributed by atoms with van der Waals surface area (Å²) in [5.74, 6) is 1.43. The van der Waals surface area contributed by atoms with E-state index in [4.69, 9.17) is 14.2 Å². The number of benzene rings is 3. The molecule has 202 valence electrons. The number of carbonyl (C=O) groups excluding carboxylic acids is 1. The van der Waals surface area contributed by atoms with E-state index in [1.165, 1.54) is 20.3 Å². The zero-order chi connectivity index (χ0) is 28.3. The Bertz CT molecular complexity index is 1630. The second-order valence-electron chi connectivity index (χ2n) is 8.55. The Hall–Kier alpha value is -4.58. The maximum atomic E-state index is 12.9. The molecule has 0 aliphatic carbocycles. The van der Waals surface area contributed by atoms with E-state index >= 15 is 0 Å². The van der Waals surface area contributed by atoms with Gasteiger partial charge in [-0.15, -0.1) is 0 Å². The summed E-state index contributed by atoms with van der Waals surface area (Å²) in [6, 6.07) is 13.2. The Balaban J connectivity index is 1.61. The first-order chi connectivity index (χ1) is 18.6. The average Bonchev–Trinajstić information content (AvgIpc) is 2.91. The lowest BCUT2D eigenvalue weighted by Crippen LogP contribution is -2.39. The van der Waals surface area contributed by atoms with Gasteiger partial charge < -0.3 is 24.6 Å². The molecule has 3 N–H and O–H groups in total. The van der Waals surface area contributed by atoms with Gasteiger partial charge in [0, 0.05) is 12.6 Å². The second kappa shape index (κ2) is 11.4. The summed E-state index contributed by atoms with van der Waals surface area (Å²) in [5, 5.41) is 16.4. The van der Waals surface area contributed by atoms with Crippen LogP contribution in [-0.4, -0.2) is 40.0 Å². The fourth-order valence-electron chi connectivity index (χ4n) is 3.84. The van der Waals surface area contributed by atoms with E-state index in [1.54, 1.807) is 56.3 Å². The van der Waals surface area contributed by atoms with Crippen LogP contribution in [0.4, 0.5) is 0 Å². The molecule has 0 radical (unpaired) electrons. The van der Waals surface area contributed by atoms with Gasteiger partial charge in [0.15, 0.2) is 0 Å². The first-order valence-corrected chi connectivity index (χ1v) is 12.4. The zero-order valence-electron chi connectivity index (χ0n) is 21.5. The number of nitrogens with zero attached hydrogens (tertiary/aromatic N) is 2. The molecular weight excluding hydrogens is 572 g/mol. The van der Waals surface area contributed by atoms with Gasteiger partial charge in [0.25, 0.3) is 11.5 Å². The number of aromatic nitrogens is 3. The smallest absolute Gasteiger partial charge is 0.349 e. The Labute approximate surface area is 231 Å². The van der Waals surface area contributed by atoms with E-state index < -0.39 is 22.9 Å². The van der Waals surface area contributed by atoms with Crippen molar-refractivity contribution in [1.29, 1.82) is 0 Å². The van der Waals surface area contributed by atoms with Gasteiger partial charge >= 0.3 is 5.69 Å². The standard InChI is InChI=1S/C27H25BrN4O7/c1-14-7-17(8-15(2)24(14)39-18-5-6-22(33)21(28)12-18)32-27(36)30-26(35)23(31-32)25(34)29-13-16-9-19(37-3)11-20(10-16)38-4/h5-12,33H,13H2,1-4H3,(H,29,34)(H,30,35,36). The number of H-pyrrole nitrogens is 1. The summed E-state index contributed by atoms with van der Waals surface area (Å²) in [6.45, 7) is 3.63. The number of aromatic hydroxyl groups is 1. The van der Waals surface area contributed by atoms with Crippen LogP contribution in [0.15, 0.2) is 62.6 Å². The van der Waals surface area contributed by atoms with Crippen molar-refractivity contribution < 1.29 is 24.1 Å². The number of carbonyl (C=O) groups is 1. The van der Waals surface area contributed by atoms with Crippen LogP contribution < -0.4 is 30.8 Å². The zero-order valence-corrected chi connectivity index (χ0v) is 23.1. The highest BCUT2D eigenvalue weighted by Gasteiger charge is 2.18. The highest BCUT2D eigenvalue weighted by atomic mass is 79.9. The number of rotatable bonds is 8. The quantitative estimate of drug-likeness (QED) is 0.279. The number of methoxy groups -OCH3 is 2. The monoisotopic (exact) mass is 596 g/mol. The molecule has 0 aliphatic heterocycles. The van der Waals surface area contributed by atoms with Crippen LogP contribution in [0.5, 0.6) is 28.7 Å². The van der Waals surface area contributed by atoms with E-state index in [0.717, 1.165) is 4.68 Å². The highest BCUT2D eigenvalue weighted by Crippen LogP contribution is 2.34. The van der Waals surface area contributed by atoms with Gasteiger partial charge in [0.1, 0.15) is 28.7 Å². The van der Waals surface area contributed by atoms with Gasteiger partial charge in [-0.05, 0) is 88.9 Å². The third-order valence-corrected chi connectivity index (χ3v) is 6.37. The molecule has 4 aromatic rings. The molecule has 1 aromatic heterocycles. The summed E-state index contributed by atoms with van der Waals surface area (Å²) in [5.41, 5.74) is 0.157. The second-order valence-corrected chi connectivity index (χ2v) is 9.40. The van der Waals surface area contributed by atoms with Gasteiger partial charge in [-0.2, -0.15) is 9.78 Å². The minimum Gasteiger partial charge on any atom is -0.507 e. The van der Waals surface area contributed by atoms with E-state index in [2.05, 4.69) is 31.3 Å². The summed E-state index contributed by atoms with van der Waals surface area (Å²) >= 11 is 3.26. The van der Waals surface area contributed by atoms with Crippen molar-refractivity contribution in [2.45, 2.75) is 20.4 Å². The number of halogens is 1.